The first-order valence-corrected chi connectivity index (χ1v) is 8.43. The molecular weight excluding hydrogens is 398 g/mol. The molecular formula is C17H14ClN9O2. The highest BCUT2D eigenvalue weighted by Gasteiger charge is 2.30. The second-order valence-electron chi connectivity index (χ2n) is 5.85. The third kappa shape index (κ3) is 3.76. The number of anilines is 3. The number of hydrogen-bond donors (Lipinski definition) is 5. The smallest absolute Gasteiger partial charge is 0.255 e. The number of amides is 1. The number of primary amides is 1. The van der Waals surface area contributed by atoms with Gasteiger partial charge in [0, 0.05) is 5.56 Å². The van der Waals surface area contributed by atoms with Gasteiger partial charge in [0.25, 0.3) is 5.91 Å². The van der Waals surface area contributed by atoms with E-state index in [0.29, 0.717) is 11.1 Å². The summed E-state index contributed by atoms with van der Waals surface area (Å²) in [5.41, 5.74) is 18.1. The van der Waals surface area contributed by atoms with Crippen molar-refractivity contribution in [1.29, 1.82) is 10.5 Å². The second-order valence-corrected chi connectivity index (χ2v) is 6.25. The lowest BCUT2D eigenvalue weighted by Crippen LogP contribution is -2.32. The summed E-state index contributed by atoms with van der Waals surface area (Å²) >= 11 is 6.25. The lowest BCUT2D eigenvalue weighted by Gasteiger charge is -2.26. The number of hydrogen-bond acceptors (Lipinski definition) is 10. The summed E-state index contributed by atoms with van der Waals surface area (Å²) in [5.74, 6) is -0.0758. The van der Waals surface area contributed by atoms with Crippen molar-refractivity contribution < 1.29 is 9.53 Å². The fourth-order valence-electron chi connectivity index (χ4n) is 2.78. The summed E-state index contributed by atoms with van der Waals surface area (Å²) in [6.45, 7) is -0.328. The van der Waals surface area contributed by atoms with Crippen molar-refractivity contribution in [3.8, 4) is 18.0 Å². The maximum atomic E-state index is 10.9. The van der Waals surface area contributed by atoms with Crippen LogP contribution in [0.5, 0.6) is 5.75 Å². The number of guanidine groups is 1. The summed E-state index contributed by atoms with van der Waals surface area (Å²) in [6, 6.07) is 5.93. The van der Waals surface area contributed by atoms with Crippen LogP contribution in [0.4, 0.5) is 17.3 Å². The van der Waals surface area contributed by atoms with Gasteiger partial charge in [-0.15, -0.1) is 0 Å². The summed E-state index contributed by atoms with van der Waals surface area (Å²) < 4.78 is 5.24. The number of nitrogens with two attached hydrogens (primary N) is 3. The minimum atomic E-state index is -0.745. The number of aliphatic imine (C=N–C) groups is 1. The molecule has 0 saturated heterocycles. The number of pyridine rings is 1. The van der Waals surface area contributed by atoms with E-state index in [9.17, 15) is 10.1 Å². The monoisotopic (exact) mass is 411 g/mol. The number of carbonyl (C=O) groups is 1. The molecule has 1 amide bonds. The topological polar surface area (TPSA) is 201 Å². The third-order valence-corrected chi connectivity index (χ3v) is 4.29. The van der Waals surface area contributed by atoms with E-state index in [-0.39, 0.29) is 46.2 Å². The summed E-state index contributed by atoms with van der Waals surface area (Å²) in [4.78, 5) is 19.5. The summed E-state index contributed by atoms with van der Waals surface area (Å²) in [7, 11) is 0. The van der Waals surface area contributed by atoms with E-state index in [1.54, 1.807) is 24.4 Å². The van der Waals surface area contributed by atoms with Crippen LogP contribution in [0.15, 0.2) is 23.2 Å². The predicted octanol–water partition coefficient (Wildman–Crippen LogP) is 0.577. The Bertz CT molecular complexity index is 1120. The van der Waals surface area contributed by atoms with Gasteiger partial charge in [0.2, 0.25) is 5.96 Å². The van der Waals surface area contributed by atoms with Gasteiger partial charge in [-0.1, -0.05) is 17.7 Å². The lowest BCUT2D eigenvalue weighted by molar-refractivity contribution is -0.119. The van der Waals surface area contributed by atoms with E-state index >= 15 is 0 Å². The van der Waals surface area contributed by atoms with E-state index in [2.05, 4.69) is 20.6 Å². The zero-order valence-electron chi connectivity index (χ0n) is 14.7. The molecule has 1 aromatic carbocycles. The number of halogens is 1. The fourth-order valence-corrected chi connectivity index (χ4v) is 3.02. The molecule has 1 unspecified atom stereocenters. The summed E-state index contributed by atoms with van der Waals surface area (Å²) in [5, 5.41) is 23.7. The molecule has 11 nitrogen and oxygen atoms in total. The first-order valence-electron chi connectivity index (χ1n) is 8.05. The molecule has 12 heteroatoms. The molecule has 1 aromatic heterocycles. The van der Waals surface area contributed by atoms with E-state index in [0.717, 1.165) is 0 Å². The van der Waals surface area contributed by atoms with E-state index in [1.165, 1.54) is 0 Å². The number of ether oxygens (including phenoxy) is 1. The Labute approximate surface area is 169 Å². The van der Waals surface area contributed by atoms with Gasteiger partial charge in [-0.2, -0.15) is 10.5 Å². The van der Waals surface area contributed by atoms with E-state index < -0.39 is 11.9 Å². The van der Waals surface area contributed by atoms with Gasteiger partial charge >= 0.3 is 0 Å². The first kappa shape index (κ1) is 19.5. The third-order valence-electron chi connectivity index (χ3n) is 4.00. The molecule has 2 aromatic rings. The van der Waals surface area contributed by atoms with E-state index in [4.69, 9.17) is 38.8 Å². The molecule has 0 spiro atoms. The number of benzene rings is 1. The van der Waals surface area contributed by atoms with Crippen LogP contribution in [0.25, 0.3) is 0 Å². The molecule has 146 valence electrons. The predicted molar refractivity (Wildman–Crippen MR) is 106 cm³/mol. The van der Waals surface area contributed by atoms with Gasteiger partial charge in [-0.3, -0.25) is 10.1 Å². The Morgan fingerprint density at radius 3 is 2.76 bits per heavy atom. The Kier molecular flexibility index (Phi) is 5.25. The maximum absolute atomic E-state index is 10.9. The van der Waals surface area contributed by atoms with Gasteiger partial charge in [-0.05, 0) is 17.7 Å². The number of fused-ring (bicyclic) bond motifs is 1. The molecule has 1 atom stereocenters. The lowest BCUT2D eigenvalue weighted by atomic mass is 9.95. The van der Waals surface area contributed by atoms with Gasteiger partial charge in [0.05, 0.1) is 10.7 Å². The molecule has 0 aliphatic carbocycles. The number of nitrogens with one attached hydrogen (secondary N) is 2. The highest BCUT2D eigenvalue weighted by molar-refractivity contribution is 6.32. The van der Waals surface area contributed by atoms with Gasteiger partial charge in [-0.25, -0.2) is 9.98 Å². The molecule has 8 N–H and O–H groups in total. The molecule has 0 bridgehead atoms. The van der Waals surface area contributed by atoms with E-state index in [1.807, 2.05) is 6.07 Å². The van der Waals surface area contributed by atoms with Crippen LogP contribution >= 0.6 is 11.6 Å². The Morgan fingerprint density at radius 2 is 2.14 bits per heavy atom. The highest BCUT2D eigenvalue weighted by Crippen LogP contribution is 2.41. The Hall–Kier alpha value is -4.22. The average molecular weight is 412 g/mol. The standard InChI is InChI=1S/C17H14ClN9O2/c18-9-3-7(1-2-10(9)29-5-11(21)28)14-12-13(22)8(4-19)15(23)26-16(12)27-17(25-14)24-6-20/h1-3,14H,5H2,(H2,21,28)(H6,22,23,24,25,26,27). The van der Waals surface area contributed by atoms with Crippen molar-refractivity contribution in [3.05, 3.63) is 39.9 Å². The summed E-state index contributed by atoms with van der Waals surface area (Å²) in [6.07, 6.45) is 1.76. The van der Waals surface area contributed by atoms with Crippen molar-refractivity contribution in [1.82, 2.24) is 10.3 Å². The normalized spacial score (nSPS) is 14.4. The van der Waals surface area contributed by atoms with Crippen molar-refractivity contribution in [3.63, 3.8) is 0 Å². The van der Waals surface area contributed by atoms with Gasteiger partial charge < -0.3 is 27.3 Å². The van der Waals surface area contributed by atoms with Crippen LogP contribution in [-0.4, -0.2) is 23.5 Å². The van der Waals surface area contributed by atoms with Crippen molar-refractivity contribution >= 4 is 40.8 Å². The largest absolute Gasteiger partial charge is 0.482 e. The quantitative estimate of drug-likeness (QED) is 0.352. The zero-order valence-corrected chi connectivity index (χ0v) is 15.5. The van der Waals surface area contributed by atoms with Crippen LogP contribution in [0, 0.1) is 22.8 Å². The number of nitriles is 2. The molecule has 3 rings (SSSR count). The number of nitrogens with zero attached hydrogens (tertiary/aromatic N) is 4. The second kappa shape index (κ2) is 7.80. The molecule has 0 fully saturated rings. The van der Waals surface area contributed by atoms with Gasteiger partial charge in [0.15, 0.2) is 12.8 Å². The van der Waals surface area contributed by atoms with Gasteiger partial charge in [0.1, 0.15) is 35.1 Å². The fraction of sp³-hybridized carbons (Fsp3) is 0.118. The van der Waals surface area contributed by atoms with Crippen molar-refractivity contribution in [2.75, 3.05) is 23.4 Å². The number of rotatable bonds is 4. The van der Waals surface area contributed by atoms with Crippen LogP contribution in [-0.2, 0) is 4.79 Å². The molecule has 29 heavy (non-hydrogen) atoms. The molecule has 2 heterocycles. The SMILES string of the molecule is N#CNC1=NC(c2ccc(OCC(N)=O)c(Cl)c2)c2c(nc(N)c(C#N)c2N)N1. The number of aromatic nitrogens is 1. The molecule has 1 aliphatic rings. The Balaban J connectivity index is 2.11. The number of carbonyl (C=O) groups excluding carboxylic acids is 1. The van der Waals surface area contributed by atoms with Crippen molar-refractivity contribution in [2.24, 2.45) is 10.7 Å². The van der Waals surface area contributed by atoms with Crippen molar-refractivity contribution in [2.45, 2.75) is 6.04 Å². The van der Waals surface area contributed by atoms with Crippen LogP contribution < -0.4 is 32.6 Å². The average Bonchev–Trinajstić information content (AvgIpc) is 2.66. The Morgan fingerprint density at radius 1 is 1.38 bits per heavy atom. The number of nitrogen functional groups attached to an aromatic ring is 2. The first-order chi connectivity index (χ1) is 13.8. The molecule has 1 aliphatic heterocycles. The van der Waals surface area contributed by atoms with Crippen LogP contribution in [0.3, 0.4) is 0 Å². The minimum absolute atomic E-state index is 0.0231. The van der Waals surface area contributed by atoms with Crippen LogP contribution in [0.2, 0.25) is 5.02 Å². The minimum Gasteiger partial charge on any atom is -0.482 e. The van der Waals surface area contributed by atoms with Crippen LogP contribution in [0.1, 0.15) is 22.7 Å². The maximum Gasteiger partial charge on any atom is 0.255 e. The highest BCUT2D eigenvalue weighted by atomic mass is 35.5. The molecule has 0 radical (unpaired) electrons. The zero-order chi connectivity index (χ0) is 21.1. The molecule has 0 saturated carbocycles.